The largest absolute Gasteiger partial charge is 0.497 e. The summed E-state index contributed by atoms with van der Waals surface area (Å²) in [6.45, 7) is 6.28. The predicted octanol–water partition coefficient (Wildman–Crippen LogP) is 3.94. The molecule has 1 aliphatic heterocycles. The van der Waals surface area contributed by atoms with Crippen molar-refractivity contribution in [3.05, 3.63) is 78.1 Å². The van der Waals surface area contributed by atoms with Crippen LogP contribution in [-0.2, 0) is 13.7 Å². The summed E-state index contributed by atoms with van der Waals surface area (Å²) in [5, 5.41) is 3.02. The van der Waals surface area contributed by atoms with Crippen molar-refractivity contribution in [2.45, 2.75) is 19.4 Å². The Kier molecular flexibility index (Phi) is 8.68. The summed E-state index contributed by atoms with van der Waals surface area (Å²) in [6, 6.07) is 20.0. The molecule has 7 nitrogen and oxygen atoms in total. The SMILES string of the molecule is COc1cccc(COc2ccccc2N2CCN(CCCCNC(=O)c3cccn3C)CC2)c1. The third-order valence-electron chi connectivity index (χ3n) is 6.47. The Morgan fingerprint density at radius 2 is 1.80 bits per heavy atom. The topological polar surface area (TPSA) is 59.0 Å². The molecule has 3 aromatic rings. The number of aryl methyl sites for hydroxylation is 1. The van der Waals surface area contributed by atoms with Crippen molar-refractivity contribution in [2.75, 3.05) is 51.3 Å². The lowest BCUT2D eigenvalue weighted by Crippen LogP contribution is -2.46. The second-order valence-corrected chi connectivity index (χ2v) is 8.90. The van der Waals surface area contributed by atoms with Crippen molar-refractivity contribution in [3.63, 3.8) is 0 Å². The Labute approximate surface area is 208 Å². The minimum Gasteiger partial charge on any atom is -0.497 e. The molecule has 2 aromatic carbocycles. The van der Waals surface area contributed by atoms with E-state index in [1.165, 1.54) is 0 Å². The number of hydrogen-bond acceptors (Lipinski definition) is 5. The van der Waals surface area contributed by atoms with E-state index in [1.807, 2.05) is 60.3 Å². The van der Waals surface area contributed by atoms with Gasteiger partial charge in [-0.05, 0) is 61.3 Å². The van der Waals surface area contributed by atoms with Gasteiger partial charge >= 0.3 is 0 Å². The van der Waals surface area contributed by atoms with Gasteiger partial charge < -0.3 is 24.3 Å². The maximum atomic E-state index is 12.2. The van der Waals surface area contributed by atoms with Gasteiger partial charge in [0.2, 0.25) is 0 Å². The van der Waals surface area contributed by atoms with Crippen LogP contribution in [0.15, 0.2) is 66.9 Å². The average molecular weight is 477 g/mol. The number of rotatable bonds is 11. The maximum Gasteiger partial charge on any atom is 0.267 e. The zero-order valence-corrected chi connectivity index (χ0v) is 20.8. The summed E-state index contributed by atoms with van der Waals surface area (Å²) in [7, 11) is 3.57. The van der Waals surface area contributed by atoms with Crippen LogP contribution in [0.25, 0.3) is 0 Å². The molecule has 1 saturated heterocycles. The highest BCUT2D eigenvalue weighted by Gasteiger charge is 2.19. The van der Waals surface area contributed by atoms with Gasteiger partial charge in [-0.2, -0.15) is 0 Å². The molecule has 0 aliphatic carbocycles. The molecule has 1 N–H and O–H groups in total. The van der Waals surface area contributed by atoms with Crippen LogP contribution >= 0.6 is 0 Å². The fourth-order valence-electron chi connectivity index (χ4n) is 4.43. The van der Waals surface area contributed by atoms with E-state index >= 15 is 0 Å². The lowest BCUT2D eigenvalue weighted by Gasteiger charge is -2.36. The number of carbonyl (C=O) groups excluding carboxylic acids is 1. The highest BCUT2D eigenvalue weighted by molar-refractivity contribution is 5.92. The molecule has 186 valence electrons. The molecule has 0 saturated carbocycles. The van der Waals surface area contributed by atoms with Crippen LogP contribution in [0.2, 0.25) is 0 Å². The number of ether oxygens (including phenoxy) is 2. The highest BCUT2D eigenvalue weighted by Crippen LogP contribution is 2.30. The molecule has 2 heterocycles. The number of amides is 1. The van der Waals surface area contributed by atoms with Crippen LogP contribution in [0.3, 0.4) is 0 Å². The number of para-hydroxylation sites is 2. The molecular formula is C28H36N4O3. The molecule has 1 aliphatic rings. The Morgan fingerprint density at radius 1 is 0.971 bits per heavy atom. The normalized spacial score (nSPS) is 14.1. The Morgan fingerprint density at radius 3 is 2.57 bits per heavy atom. The highest BCUT2D eigenvalue weighted by atomic mass is 16.5. The first kappa shape index (κ1) is 24.7. The van der Waals surface area contributed by atoms with Crippen molar-refractivity contribution >= 4 is 11.6 Å². The number of unbranched alkanes of at least 4 members (excludes halogenated alkanes) is 1. The summed E-state index contributed by atoms with van der Waals surface area (Å²) in [4.78, 5) is 17.1. The lowest BCUT2D eigenvalue weighted by molar-refractivity contribution is 0.0944. The van der Waals surface area contributed by atoms with Crippen LogP contribution in [-0.4, -0.2) is 61.8 Å². The molecule has 0 atom stereocenters. The molecule has 7 heteroatoms. The Hall–Kier alpha value is -3.45. The standard InChI is InChI=1S/C28H36N4O3/c1-30-15-8-12-26(30)28(33)29-14-5-6-16-31-17-19-32(20-18-31)25-11-3-4-13-27(25)35-22-23-9-7-10-24(21-23)34-2/h3-4,7-13,15,21H,5-6,14,16-20,22H2,1-2H3,(H,29,33). The molecule has 0 spiro atoms. The number of aromatic nitrogens is 1. The first-order valence-corrected chi connectivity index (χ1v) is 12.4. The van der Waals surface area contributed by atoms with Crippen molar-refractivity contribution in [3.8, 4) is 11.5 Å². The monoisotopic (exact) mass is 476 g/mol. The van der Waals surface area contributed by atoms with E-state index in [4.69, 9.17) is 9.47 Å². The average Bonchev–Trinajstić information content (AvgIpc) is 3.34. The molecule has 4 rings (SSSR count). The van der Waals surface area contributed by atoms with Crippen LogP contribution in [0.1, 0.15) is 28.9 Å². The number of piperazine rings is 1. The van der Waals surface area contributed by atoms with Crippen LogP contribution in [0.5, 0.6) is 11.5 Å². The minimum absolute atomic E-state index is 0.00148. The summed E-state index contributed by atoms with van der Waals surface area (Å²) < 4.78 is 13.4. The fourth-order valence-corrected chi connectivity index (χ4v) is 4.43. The summed E-state index contributed by atoms with van der Waals surface area (Å²) in [6.07, 6.45) is 3.95. The van der Waals surface area contributed by atoms with E-state index in [0.29, 0.717) is 18.8 Å². The molecule has 0 bridgehead atoms. The molecule has 1 aromatic heterocycles. The number of benzene rings is 2. The van der Waals surface area contributed by atoms with Crippen LogP contribution in [0, 0.1) is 0 Å². The number of methoxy groups -OCH3 is 1. The quantitative estimate of drug-likeness (QED) is 0.425. The molecule has 0 unspecified atom stereocenters. The van der Waals surface area contributed by atoms with Crippen molar-refractivity contribution < 1.29 is 14.3 Å². The number of carbonyl (C=O) groups is 1. The van der Waals surface area contributed by atoms with Gasteiger partial charge in [0, 0.05) is 46.0 Å². The van der Waals surface area contributed by atoms with E-state index in [0.717, 1.165) is 68.3 Å². The summed E-state index contributed by atoms with van der Waals surface area (Å²) in [5.41, 5.74) is 2.94. The third-order valence-corrected chi connectivity index (χ3v) is 6.47. The van der Waals surface area contributed by atoms with Gasteiger partial charge in [-0.15, -0.1) is 0 Å². The Bertz CT molecular complexity index is 1090. The van der Waals surface area contributed by atoms with E-state index in [2.05, 4.69) is 33.3 Å². The number of anilines is 1. The van der Waals surface area contributed by atoms with Crippen LogP contribution < -0.4 is 19.7 Å². The van der Waals surface area contributed by atoms with Gasteiger partial charge in [-0.3, -0.25) is 9.69 Å². The van der Waals surface area contributed by atoms with Crippen LogP contribution in [0.4, 0.5) is 5.69 Å². The van der Waals surface area contributed by atoms with E-state index in [9.17, 15) is 4.79 Å². The molecule has 35 heavy (non-hydrogen) atoms. The Balaban J connectivity index is 1.19. The van der Waals surface area contributed by atoms with Crippen molar-refractivity contribution in [2.24, 2.45) is 7.05 Å². The second-order valence-electron chi connectivity index (χ2n) is 8.90. The third kappa shape index (κ3) is 6.79. The second kappa shape index (κ2) is 12.3. The zero-order chi connectivity index (χ0) is 24.5. The van der Waals surface area contributed by atoms with Gasteiger partial charge in [0.15, 0.2) is 0 Å². The smallest absolute Gasteiger partial charge is 0.267 e. The summed E-state index contributed by atoms with van der Waals surface area (Å²) in [5.74, 6) is 1.75. The maximum absolute atomic E-state index is 12.2. The number of nitrogens with zero attached hydrogens (tertiary/aromatic N) is 3. The van der Waals surface area contributed by atoms with Gasteiger partial charge in [0.05, 0.1) is 12.8 Å². The van der Waals surface area contributed by atoms with E-state index < -0.39 is 0 Å². The fraction of sp³-hybridized carbons (Fsp3) is 0.393. The molecule has 1 amide bonds. The first-order valence-electron chi connectivity index (χ1n) is 12.4. The first-order chi connectivity index (χ1) is 17.1. The molecule has 0 radical (unpaired) electrons. The van der Waals surface area contributed by atoms with Gasteiger partial charge in [0.25, 0.3) is 5.91 Å². The van der Waals surface area contributed by atoms with E-state index in [1.54, 1.807) is 7.11 Å². The van der Waals surface area contributed by atoms with Crippen molar-refractivity contribution in [1.82, 2.24) is 14.8 Å². The van der Waals surface area contributed by atoms with Gasteiger partial charge in [0.1, 0.15) is 23.8 Å². The van der Waals surface area contributed by atoms with Crippen molar-refractivity contribution in [1.29, 1.82) is 0 Å². The predicted molar refractivity (Wildman–Crippen MR) is 139 cm³/mol. The lowest BCUT2D eigenvalue weighted by atomic mass is 10.2. The molecule has 1 fully saturated rings. The number of hydrogen-bond donors (Lipinski definition) is 1. The zero-order valence-electron chi connectivity index (χ0n) is 20.8. The van der Waals surface area contributed by atoms with Gasteiger partial charge in [-0.1, -0.05) is 24.3 Å². The van der Waals surface area contributed by atoms with Gasteiger partial charge in [-0.25, -0.2) is 0 Å². The van der Waals surface area contributed by atoms with E-state index in [-0.39, 0.29) is 5.91 Å². The number of nitrogens with one attached hydrogen (secondary N) is 1. The molecular weight excluding hydrogens is 440 g/mol. The summed E-state index contributed by atoms with van der Waals surface area (Å²) >= 11 is 0. The minimum atomic E-state index is -0.00148.